The minimum Gasteiger partial charge on any atom is -0.395 e. The second-order valence-electron chi connectivity index (χ2n) is 4.13. The van der Waals surface area contributed by atoms with Crippen molar-refractivity contribution in [3.63, 3.8) is 0 Å². The van der Waals surface area contributed by atoms with E-state index >= 15 is 0 Å². The maximum absolute atomic E-state index is 9.10. The van der Waals surface area contributed by atoms with Crippen LogP contribution in [-0.4, -0.2) is 34.4 Å². The van der Waals surface area contributed by atoms with Gasteiger partial charge in [0.15, 0.2) is 0 Å². The molecule has 0 amide bonds. The third-order valence-corrected chi connectivity index (χ3v) is 2.68. The Morgan fingerprint density at radius 1 is 1.46 bits per heavy atom. The highest BCUT2D eigenvalue weighted by molar-refractivity contribution is 5.12. The zero-order valence-corrected chi connectivity index (χ0v) is 8.62. The molecule has 0 spiro atoms. The van der Waals surface area contributed by atoms with Crippen LogP contribution in [0.15, 0.2) is 0 Å². The average molecular weight is 182 g/mol. The van der Waals surface area contributed by atoms with Gasteiger partial charge in [-0.2, -0.15) is 0 Å². The molecule has 0 saturated heterocycles. The largest absolute Gasteiger partial charge is 0.395 e. The summed E-state index contributed by atoms with van der Waals surface area (Å²) in [5.41, 5.74) is -0.281. The normalized spacial score (nSPS) is 21.6. The Bertz CT molecular complexity index is 215. The van der Waals surface area contributed by atoms with Crippen molar-refractivity contribution in [1.29, 1.82) is 0 Å². The van der Waals surface area contributed by atoms with Crippen molar-refractivity contribution in [3.05, 3.63) is 11.4 Å². The quantitative estimate of drug-likeness (QED) is 0.667. The van der Waals surface area contributed by atoms with Crippen LogP contribution in [0.1, 0.15) is 33.6 Å². The van der Waals surface area contributed by atoms with Crippen molar-refractivity contribution < 1.29 is 5.11 Å². The van der Waals surface area contributed by atoms with E-state index in [2.05, 4.69) is 23.6 Å². The highest BCUT2D eigenvalue weighted by Gasteiger charge is 2.58. The Balaban J connectivity index is 2.75. The highest BCUT2D eigenvalue weighted by Crippen LogP contribution is 2.45. The Hall–Kier alpha value is -0.590. The number of aliphatic hydroxyl groups excluding tert-OH is 1. The van der Waals surface area contributed by atoms with Crippen molar-refractivity contribution in [3.8, 4) is 0 Å². The lowest BCUT2D eigenvalue weighted by molar-refractivity contribution is 0.0702. The van der Waals surface area contributed by atoms with E-state index in [4.69, 9.17) is 11.7 Å². The highest BCUT2D eigenvalue weighted by atomic mass is 16.3. The lowest BCUT2D eigenvalue weighted by atomic mass is 10.2. The van der Waals surface area contributed by atoms with E-state index in [1.165, 1.54) is 0 Å². The second kappa shape index (κ2) is 3.65. The third kappa shape index (κ3) is 1.84. The molecule has 0 aliphatic heterocycles. The van der Waals surface area contributed by atoms with Crippen LogP contribution < -0.4 is 0 Å². The molecule has 3 heteroatoms. The zero-order chi connectivity index (χ0) is 10.1. The first-order valence-corrected chi connectivity index (χ1v) is 4.85. The van der Waals surface area contributed by atoms with Gasteiger partial charge in [-0.3, -0.25) is 4.85 Å². The first kappa shape index (κ1) is 10.5. The number of nitrogens with zero attached hydrogens (tertiary/aromatic N) is 2. The van der Waals surface area contributed by atoms with Crippen LogP contribution >= 0.6 is 0 Å². The van der Waals surface area contributed by atoms with Gasteiger partial charge in [-0.05, 0) is 20.8 Å². The predicted molar refractivity (Wildman–Crippen MR) is 52.1 cm³/mol. The maximum Gasteiger partial charge on any atom is 0.289 e. The van der Waals surface area contributed by atoms with Crippen LogP contribution in [0.4, 0.5) is 0 Å². The minimum absolute atomic E-state index is 0.0941. The summed E-state index contributed by atoms with van der Waals surface area (Å²) in [6, 6.07) is 0.426. The van der Waals surface area contributed by atoms with E-state index in [1.807, 2.05) is 6.92 Å². The fourth-order valence-electron chi connectivity index (χ4n) is 2.03. The molecule has 1 atom stereocenters. The van der Waals surface area contributed by atoms with Crippen molar-refractivity contribution in [1.82, 2.24) is 4.90 Å². The molecule has 0 bridgehead atoms. The van der Waals surface area contributed by atoms with Gasteiger partial charge in [0, 0.05) is 12.1 Å². The van der Waals surface area contributed by atoms with Crippen LogP contribution in [0, 0.1) is 6.57 Å². The van der Waals surface area contributed by atoms with Gasteiger partial charge in [0.2, 0.25) is 0 Å². The lowest BCUT2D eigenvalue weighted by Crippen LogP contribution is -2.47. The molecule has 1 fully saturated rings. The third-order valence-electron chi connectivity index (χ3n) is 2.68. The predicted octanol–water partition coefficient (Wildman–Crippen LogP) is 1.49. The van der Waals surface area contributed by atoms with Crippen LogP contribution in [-0.2, 0) is 0 Å². The Morgan fingerprint density at radius 3 is 2.23 bits per heavy atom. The molecule has 0 aromatic rings. The summed E-state index contributed by atoms with van der Waals surface area (Å²) >= 11 is 0. The summed E-state index contributed by atoms with van der Waals surface area (Å²) in [4.78, 5) is 5.83. The summed E-state index contributed by atoms with van der Waals surface area (Å²) in [7, 11) is 0. The molecule has 1 unspecified atom stereocenters. The smallest absolute Gasteiger partial charge is 0.289 e. The van der Waals surface area contributed by atoms with Gasteiger partial charge in [-0.25, -0.2) is 11.5 Å². The molecule has 0 aromatic heterocycles. The minimum atomic E-state index is -0.281. The molecular weight excluding hydrogens is 164 g/mol. The van der Waals surface area contributed by atoms with Crippen molar-refractivity contribution >= 4 is 0 Å². The zero-order valence-electron chi connectivity index (χ0n) is 8.62. The molecule has 1 rings (SSSR count). The number of hydrogen-bond donors (Lipinski definition) is 1. The molecule has 1 saturated carbocycles. The standard InChI is InChI=1S/C10H18N2O/c1-8(2)12(9(3)7-13)10(11-4)5-6-10/h8-9,13H,5-7H2,1-3H3. The first-order chi connectivity index (χ1) is 6.07. The van der Waals surface area contributed by atoms with Gasteiger partial charge in [-0.15, -0.1) is 0 Å². The molecule has 74 valence electrons. The van der Waals surface area contributed by atoms with Gasteiger partial charge in [0.05, 0.1) is 19.4 Å². The molecule has 0 radical (unpaired) electrons. The maximum atomic E-state index is 9.10. The van der Waals surface area contributed by atoms with Crippen molar-refractivity contribution in [2.24, 2.45) is 0 Å². The van der Waals surface area contributed by atoms with E-state index in [1.54, 1.807) is 0 Å². The van der Waals surface area contributed by atoms with Gasteiger partial charge >= 0.3 is 0 Å². The summed E-state index contributed by atoms with van der Waals surface area (Å²) < 4.78 is 0. The molecule has 1 aliphatic carbocycles. The van der Waals surface area contributed by atoms with E-state index in [9.17, 15) is 0 Å². The van der Waals surface area contributed by atoms with E-state index < -0.39 is 0 Å². The number of rotatable bonds is 4. The van der Waals surface area contributed by atoms with E-state index in [0.717, 1.165) is 12.8 Å². The van der Waals surface area contributed by atoms with Gasteiger partial charge in [-0.1, -0.05) is 0 Å². The first-order valence-electron chi connectivity index (χ1n) is 4.85. The molecular formula is C10H18N2O. The van der Waals surface area contributed by atoms with Crippen molar-refractivity contribution in [2.75, 3.05) is 6.61 Å². The van der Waals surface area contributed by atoms with E-state index in [0.29, 0.717) is 6.04 Å². The average Bonchev–Trinajstić information content (AvgIpc) is 2.85. The molecule has 1 aliphatic rings. The summed E-state index contributed by atoms with van der Waals surface area (Å²) in [6.07, 6.45) is 1.91. The number of hydrogen-bond acceptors (Lipinski definition) is 2. The summed E-state index contributed by atoms with van der Waals surface area (Å²) in [5.74, 6) is 0. The van der Waals surface area contributed by atoms with Crippen LogP contribution in [0.2, 0.25) is 0 Å². The molecule has 1 N–H and O–H groups in total. The lowest BCUT2D eigenvalue weighted by Gasteiger charge is -2.32. The Morgan fingerprint density at radius 2 is 2.00 bits per heavy atom. The van der Waals surface area contributed by atoms with Crippen molar-refractivity contribution in [2.45, 2.75) is 51.4 Å². The SMILES string of the molecule is [C-]#[N+]C1(N(C(C)C)C(C)CO)CC1. The van der Waals surface area contributed by atoms with Gasteiger partial charge < -0.3 is 5.11 Å². The molecule has 3 nitrogen and oxygen atoms in total. The molecule has 13 heavy (non-hydrogen) atoms. The summed E-state index contributed by atoms with van der Waals surface area (Å²) in [5, 5.41) is 9.10. The topological polar surface area (TPSA) is 27.8 Å². The van der Waals surface area contributed by atoms with Crippen LogP contribution in [0.3, 0.4) is 0 Å². The van der Waals surface area contributed by atoms with E-state index in [-0.39, 0.29) is 18.3 Å². The monoisotopic (exact) mass is 182 g/mol. The Kier molecular flexibility index (Phi) is 2.94. The fraction of sp³-hybridized carbons (Fsp3) is 0.900. The number of aliphatic hydroxyl groups is 1. The Labute approximate surface area is 80.2 Å². The second-order valence-corrected chi connectivity index (χ2v) is 4.13. The summed E-state index contributed by atoms with van der Waals surface area (Å²) in [6.45, 7) is 13.4. The van der Waals surface area contributed by atoms with Crippen LogP contribution in [0.5, 0.6) is 0 Å². The fourth-order valence-corrected chi connectivity index (χ4v) is 2.03. The van der Waals surface area contributed by atoms with Crippen LogP contribution in [0.25, 0.3) is 4.85 Å². The van der Waals surface area contributed by atoms with Gasteiger partial charge in [0.25, 0.3) is 5.66 Å². The van der Waals surface area contributed by atoms with Gasteiger partial charge in [0.1, 0.15) is 0 Å². The molecule has 0 aromatic carbocycles. The molecule has 0 heterocycles.